The Morgan fingerprint density at radius 1 is 0.872 bits per heavy atom. The van der Waals surface area contributed by atoms with Crippen molar-refractivity contribution in [3.63, 3.8) is 0 Å². The maximum atomic E-state index is 12.5. The summed E-state index contributed by atoms with van der Waals surface area (Å²) in [7, 11) is 0. The van der Waals surface area contributed by atoms with Gasteiger partial charge in [0.25, 0.3) is 0 Å². The molecule has 3 aromatic rings. The van der Waals surface area contributed by atoms with Crippen LogP contribution in [0.15, 0.2) is 72.8 Å². The highest BCUT2D eigenvalue weighted by atomic mass is 16.6. The average Bonchev–Trinajstić information content (AvgIpc) is 2.87. The zero-order valence-electron chi connectivity index (χ0n) is 23.3. The summed E-state index contributed by atoms with van der Waals surface area (Å²) in [6, 6.07) is 22.6. The van der Waals surface area contributed by atoms with Gasteiger partial charge in [-0.3, -0.25) is 14.4 Å². The van der Waals surface area contributed by atoms with Gasteiger partial charge in [0.2, 0.25) is 5.91 Å². The molecule has 0 radical (unpaired) electrons. The predicted molar refractivity (Wildman–Crippen MR) is 150 cm³/mol. The lowest BCUT2D eigenvalue weighted by Crippen LogP contribution is -2.24. The molecule has 1 unspecified atom stereocenters. The molecule has 39 heavy (non-hydrogen) atoms. The minimum atomic E-state index is -0.550. The van der Waals surface area contributed by atoms with E-state index in [1.165, 1.54) is 6.92 Å². The predicted octanol–water partition coefficient (Wildman–Crippen LogP) is 6.44. The molecule has 3 rings (SSSR count). The number of hydrogen-bond donors (Lipinski definition) is 1. The number of carbonyl (C=O) groups is 3. The summed E-state index contributed by atoms with van der Waals surface area (Å²) in [6.45, 7) is 9.24. The van der Waals surface area contributed by atoms with Crippen LogP contribution in [0, 0.1) is 5.92 Å². The first-order valence-electron chi connectivity index (χ1n) is 13.1. The molecule has 0 fully saturated rings. The lowest BCUT2D eigenvalue weighted by atomic mass is 9.94. The van der Waals surface area contributed by atoms with E-state index in [1.807, 2.05) is 51.1 Å². The summed E-state index contributed by atoms with van der Waals surface area (Å²) in [4.78, 5) is 41.1. The summed E-state index contributed by atoms with van der Waals surface area (Å²) in [5.41, 5.74) is 6.45. The van der Waals surface area contributed by atoms with Gasteiger partial charge < -0.3 is 9.47 Å². The van der Waals surface area contributed by atoms with Crippen molar-refractivity contribution in [2.24, 2.45) is 5.92 Å². The molecular weight excluding hydrogens is 494 g/mol. The number of esters is 2. The van der Waals surface area contributed by atoms with E-state index in [9.17, 15) is 14.4 Å². The Bertz CT molecular complexity index is 1280. The second kappa shape index (κ2) is 13.7. The van der Waals surface area contributed by atoms with Gasteiger partial charge in [-0.15, -0.1) is 0 Å². The van der Waals surface area contributed by atoms with Crippen molar-refractivity contribution in [2.45, 2.75) is 66.1 Å². The van der Waals surface area contributed by atoms with E-state index < -0.39 is 5.60 Å². The Balaban J connectivity index is 1.46. The molecular formula is C32H37NO6. The molecule has 0 saturated carbocycles. The standard InChI is InChI=1S/C32H37NO6/c1-22(12-17-30(35)33-37-21-24-13-15-29(16-14-24)38-23(2)34)18-25-8-6-9-26(19-25)27-10-7-11-28(20-27)31(36)39-32(3,4)5/h6-11,13-16,19-20,22H,12,17-18,21H2,1-5H3,(H,33,35). The monoisotopic (exact) mass is 531 g/mol. The Morgan fingerprint density at radius 2 is 1.54 bits per heavy atom. The number of carbonyl (C=O) groups excluding carboxylic acids is 3. The molecule has 0 heterocycles. The molecule has 0 aliphatic rings. The number of ether oxygens (including phenoxy) is 2. The van der Waals surface area contributed by atoms with Crippen LogP contribution in [0.3, 0.4) is 0 Å². The van der Waals surface area contributed by atoms with Crippen LogP contribution >= 0.6 is 0 Å². The van der Waals surface area contributed by atoms with Gasteiger partial charge in [-0.2, -0.15) is 0 Å². The number of amides is 1. The fourth-order valence-electron chi connectivity index (χ4n) is 3.99. The molecule has 0 aliphatic carbocycles. The number of rotatable bonds is 11. The van der Waals surface area contributed by atoms with Gasteiger partial charge in [0.05, 0.1) is 12.2 Å². The minimum Gasteiger partial charge on any atom is -0.456 e. The average molecular weight is 532 g/mol. The summed E-state index contributed by atoms with van der Waals surface area (Å²) in [5, 5.41) is 0. The third kappa shape index (κ3) is 10.4. The molecule has 0 saturated heterocycles. The van der Waals surface area contributed by atoms with E-state index in [-0.39, 0.29) is 30.4 Å². The van der Waals surface area contributed by atoms with Crippen LogP contribution < -0.4 is 10.2 Å². The van der Waals surface area contributed by atoms with Gasteiger partial charge in [0.1, 0.15) is 11.4 Å². The van der Waals surface area contributed by atoms with Gasteiger partial charge in [0.15, 0.2) is 0 Å². The number of nitrogens with one attached hydrogen (secondary N) is 1. The van der Waals surface area contributed by atoms with Crippen molar-refractivity contribution < 1.29 is 28.7 Å². The van der Waals surface area contributed by atoms with Crippen molar-refractivity contribution in [2.75, 3.05) is 0 Å². The van der Waals surface area contributed by atoms with Gasteiger partial charge in [-0.1, -0.05) is 55.5 Å². The van der Waals surface area contributed by atoms with Gasteiger partial charge in [-0.05, 0) is 86.1 Å². The normalized spacial score (nSPS) is 11.9. The second-order valence-corrected chi connectivity index (χ2v) is 10.7. The lowest BCUT2D eigenvalue weighted by molar-refractivity contribution is -0.135. The van der Waals surface area contributed by atoms with Gasteiger partial charge in [0, 0.05) is 13.3 Å². The fraction of sp³-hybridized carbons (Fsp3) is 0.344. The highest BCUT2D eigenvalue weighted by Crippen LogP contribution is 2.24. The molecule has 0 aliphatic heterocycles. The zero-order chi connectivity index (χ0) is 28.4. The van der Waals surface area contributed by atoms with E-state index in [0.717, 1.165) is 28.7 Å². The van der Waals surface area contributed by atoms with E-state index >= 15 is 0 Å². The topological polar surface area (TPSA) is 90.9 Å². The zero-order valence-corrected chi connectivity index (χ0v) is 23.3. The molecule has 7 heteroatoms. The molecule has 206 valence electrons. The van der Waals surface area contributed by atoms with Crippen molar-refractivity contribution in [1.82, 2.24) is 5.48 Å². The van der Waals surface area contributed by atoms with Crippen LogP contribution in [0.1, 0.15) is 68.9 Å². The van der Waals surface area contributed by atoms with Gasteiger partial charge >= 0.3 is 11.9 Å². The SMILES string of the molecule is CC(=O)Oc1ccc(CONC(=O)CCC(C)Cc2cccc(-c3cccc(C(=O)OC(C)(C)C)c3)c2)cc1. The highest BCUT2D eigenvalue weighted by molar-refractivity contribution is 5.91. The summed E-state index contributed by atoms with van der Waals surface area (Å²) >= 11 is 0. The smallest absolute Gasteiger partial charge is 0.338 e. The first-order chi connectivity index (χ1) is 18.5. The Kier molecular flexibility index (Phi) is 10.4. The number of hydrogen-bond acceptors (Lipinski definition) is 6. The van der Waals surface area contributed by atoms with E-state index in [4.69, 9.17) is 14.3 Å². The molecule has 7 nitrogen and oxygen atoms in total. The van der Waals surface area contributed by atoms with Crippen LogP contribution in [-0.2, 0) is 32.2 Å². The molecule has 0 spiro atoms. The maximum absolute atomic E-state index is 12.5. The lowest BCUT2D eigenvalue weighted by Gasteiger charge is -2.19. The van der Waals surface area contributed by atoms with Crippen LogP contribution in [0.25, 0.3) is 11.1 Å². The highest BCUT2D eigenvalue weighted by Gasteiger charge is 2.18. The van der Waals surface area contributed by atoms with Crippen molar-refractivity contribution >= 4 is 17.8 Å². The fourth-order valence-corrected chi connectivity index (χ4v) is 3.99. The number of benzene rings is 3. The largest absolute Gasteiger partial charge is 0.456 e. The van der Waals surface area contributed by atoms with Gasteiger partial charge in [-0.25, -0.2) is 10.3 Å². The summed E-state index contributed by atoms with van der Waals surface area (Å²) in [6.07, 6.45) is 1.89. The second-order valence-electron chi connectivity index (χ2n) is 10.7. The van der Waals surface area contributed by atoms with E-state index in [0.29, 0.717) is 24.2 Å². The van der Waals surface area contributed by atoms with E-state index in [2.05, 4.69) is 24.5 Å². The minimum absolute atomic E-state index is 0.175. The summed E-state index contributed by atoms with van der Waals surface area (Å²) in [5.74, 6) is -0.144. The van der Waals surface area contributed by atoms with Crippen molar-refractivity contribution in [3.8, 4) is 16.9 Å². The van der Waals surface area contributed by atoms with Crippen LogP contribution in [-0.4, -0.2) is 23.4 Å². The van der Waals surface area contributed by atoms with Crippen LogP contribution in [0.4, 0.5) is 0 Å². The number of hydroxylamine groups is 1. The third-order valence-electron chi connectivity index (χ3n) is 5.82. The van der Waals surface area contributed by atoms with Crippen molar-refractivity contribution in [1.29, 1.82) is 0 Å². The molecule has 3 aromatic carbocycles. The quantitative estimate of drug-likeness (QED) is 0.174. The molecule has 1 amide bonds. The molecule has 1 N–H and O–H groups in total. The van der Waals surface area contributed by atoms with E-state index in [1.54, 1.807) is 30.3 Å². The Morgan fingerprint density at radius 3 is 2.21 bits per heavy atom. The van der Waals surface area contributed by atoms with Crippen LogP contribution in [0.5, 0.6) is 5.75 Å². The van der Waals surface area contributed by atoms with Crippen molar-refractivity contribution in [3.05, 3.63) is 89.5 Å². The summed E-state index contributed by atoms with van der Waals surface area (Å²) < 4.78 is 10.5. The first kappa shape index (κ1) is 29.6. The maximum Gasteiger partial charge on any atom is 0.338 e. The third-order valence-corrected chi connectivity index (χ3v) is 5.82. The Labute approximate surface area is 230 Å². The Hall–Kier alpha value is -3.97. The first-order valence-corrected chi connectivity index (χ1v) is 13.1. The molecule has 1 atom stereocenters. The van der Waals surface area contributed by atoms with Crippen LogP contribution in [0.2, 0.25) is 0 Å². The molecule has 0 bridgehead atoms. The molecule has 0 aromatic heterocycles.